The molecule has 2 N–H and O–H groups in total. The van der Waals surface area contributed by atoms with Crippen molar-refractivity contribution in [1.82, 2.24) is 29.7 Å². The molecule has 3 unspecified atom stereocenters. The number of halogens is 1. The van der Waals surface area contributed by atoms with E-state index in [4.69, 9.17) is 31.2 Å². The lowest BCUT2D eigenvalue weighted by Crippen LogP contribution is -2.53. The summed E-state index contributed by atoms with van der Waals surface area (Å²) < 4.78 is 13.1. The zero-order valence-corrected chi connectivity index (χ0v) is 25.7. The molecule has 5 rings (SSSR count). The molecule has 0 radical (unpaired) electrons. The lowest BCUT2D eigenvalue weighted by atomic mass is 9.97. The summed E-state index contributed by atoms with van der Waals surface area (Å²) in [5, 5.41) is 28.3. The Bertz CT molecular complexity index is 1620. The number of likely N-dealkylation sites (N-methyl/N-ethyl adjacent to an activating group) is 1. The number of hydrogen-bond donors (Lipinski definition) is 2. The number of allylic oxidation sites excluding steroid dienone is 2. The number of nitriles is 1. The van der Waals surface area contributed by atoms with E-state index in [1.165, 1.54) is 0 Å². The molecular weight excluding hydrogens is 570 g/mol. The van der Waals surface area contributed by atoms with Gasteiger partial charge < -0.3 is 24.8 Å². The quantitative estimate of drug-likeness (QED) is 0.307. The van der Waals surface area contributed by atoms with Gasteiger partial charge in [-0.15, -0.1) is 0 Å². The second kappa shape index (κ2) is 12.4. The Morgan fingerprint density at radius 3 is 2.86 bits per heavy atom. The molecule has 0 aliphatic carbocycles. The fraction of sp³-hybridized carbons (Fsp3) is 0.419. The normalized spacial score (nSPS) is 20.4. The van der Waals surface area contributed by atoms with Crippen LogP contribution in [0.4, 0.5) is 0 Å². The number of benzene rings is 1. The van der Waals surface area contributed by atoms with Crippen molar-refractivity contribution >= 4 is 28.7 Å². The van der Waals surface area contributed by atoms with Crippen LogP contribution in [0.2, 0.25) is 0 Å². The second-order valence-corrected chi connectivity index (χ2v) is 12.1. The van der Waals surface area contributed by atoms with Crippen molar-refractivity contribution in [3.63, 3.8) is 0 Å². The first-order valence-electron chi connectivity index (χ1n) is 14.2. The van der Waals surface area contributed by atoms with E-state index in [-0.39, 0.29) is 30.3 Å². The maximum atomic E-state index is 13.3. The fourth-order valence-electron chi connectivity index (χ4n) is 5.01. The summed E-state index contributed by atoms with van der Waals surface area (Å²) >= 11 is 6.58. The molecule has 11 nitrogen and oxygen atoms in total. The highest BCUT2D eigenvalue weighted by atomic mass is 35.5. The molecule has 3 atom stereocenters. The standard InChI is InChI=1S/C31H36ClN7O4/c1-19-13-22(15-25(32)37(19)5)26-27(21-8-6-7-20(14-21)16-33)36-39-10-9-24(35-28(26)39)29(40)34-17-23-18-38(11-12-42-23)30(41)43-31(2,3)4/h6-10,13-15,19,23,30,41H,11-12,17-18H2,1-5H3,(H,34,40). The number of aromatic nitrogens is 3. The van der Waals surface area contributed by atoms with E-state index in [0.717, 1.165) is 11.1 Å². The molecule has 226 valence electrons. The van der Waals surface area contributed by atoms with Crippen LogP contribution in [-0.4, -0.2) is 92.9 Å². The summed E-state index contributed by atoms with van der Waals surface area (Å²) in [7, 11) is 1.92. The van der Waals surface area contributed by atoms with Crippen molar-refractivity contribution in [2.45, 2.75) is 51.9 Å². The minimum Gasteiger partial charge on any atom is -0.374 e. The van der Waals surface area contributed by atoms with Gasteiger partial charge in [-0.25, -0.2) is 9.50 Å². The lowest BCUT2D eigenvalue weighted by molar-refractivity contribution is -0.255. The molecule has 43 heavy (non-hydrogen) atoms. The van der Waals surface area contributed by atoms with Crippen molar-refractivity contribution in [2.75, 3.05) is 33.3 Å². The van der Waals surface area contributed by atoms with E-state index < -0.39 is 12.0 Å². The average molecular weight is 606 g/mol. The molecule has 2 aliphatic rings. The van der Waals surface area contributed by atoms with Crippen molar-refractivity contribution in [2.24, 2.45) is 0 Å². The number of fused-ring (bicyclic) bond motifs is 1. The molecule has 12 heteroatoms. The van der Waals surface area contributed by atoms with E-state index in [2.05, 4.69) is 17.5 Å². The Morgan fingerprint density at radius 2 is 2.14 bits per heavy atom. The number of aliphatic hydroxyl groups excluding tert-OH is 1. The van der Waals surface area contributed by atoms with Crippen LogP contribution in [0.1, 0.15) is 49.3 Å². The minimum atomic E-state index is -1.06. The van der Waals surface area contributed by atoms with Gasteiger partial charge in [-0.3, -0.25) is 9.69 Å². The third kappa shape index (κ3) is 6.90. The topological polar surface area (TPSA) is 128 Å². The van der Waals surface area contributed by atoms with Crippen LogP contribution in [0.5, 0.6) is 0 Å². The number of ether oxygens (including phenoxy) is 2. The average Bonchev–Trinajstić information content (AvgIpc) is 3.36. The number of amides is 1. The van der Waals surface area contributed by atoms with Gasteiger partial charge in [0.15, 0.2) is 5.65 Å². The zero-order valence-electron chi connectivity index (χ0n) is 24.9. The Labute approximate surface area is 256 Å². The van der Waals surface area contributed by atoms with Gasteiger partial charge in [-0.2, -0.15) is 10.4 Å². The highest BCUT2D eigenvalue weighted by Gasteiger charge is 2.29. The van der Waals surface area contributed by atoms with Gasteiger partial charge in [0, 0.05) is 44.5 Å². The number of carbonyl (C=O) groups is 1. The second-order valence-electron chi connectivity index (χ2n) is 11.7. The van der Waals surface area contributed by atoms with Crippen LogP contribution < -0.4 is 5.32 Å². The van der Waals surface area contributed by atoms with E-state index in [1.807, 2.05) is 57.9 Å². The summed E-state index contributed by atoms with van der Waals surface area (Å²) in [6.45, 7) is 9.23. The minimum absolute atomic E-state index is 0.00889. The molecule has 1 amide bonds. The molecule has 0 saturated carbocycles. The SMILES string of the molecule is CC1C=C(c2c(-c3cccc(C#N)c3)nn3ccc(C(=O)NCC4CN(C(O)OC(C)(C)C)CCO4)nc23)C=C(Cl)N1C. The third-order valence-electron chi connectivity index (χ3n) is 7.35. The molecule has 4 heterocycles. The van der Waals surface area contributed by atoms with Crippen LogP contribution in [0.15, 0.2) is 53.8 Å². The predicted molar refractivity (Wildman–Crippen MR) is 163 cm³/mol. The largest absolute Gasteiger partial charge is 0.374 e. The Morgan fingerprint density at radius 1 is 1.35 bits per heavy atom. The summed E-state index contributed by atoms with van der Waals surface area (Å²) in [6, 6.07) is 11.0. The van der Waals surface area contributed by atoms with E-state index in [0.29, 0.717) is 47.3 Å². The van der Waals surface area contributed by atoms with Gasteiger partial charge >= 0.3 is 0 Å². The smallest absolute Gasteiger partial charge is 0.270 e. The molecule has 2 aromatic heterocycles. The molecule has 0 spiro atoms. The predicted octanol–water partition coefficient (Wildman–Crippen LogP) is 3.59. The molecule has 1 saturated heterocycles. The third-order valence-corrected chi connectivity index (χ3v) is 7.72. The number of aliphatic hydroxyl groups is 1. The molecule has 1 fully saturated rings. The maximum absolute atomic E-state index is 13.3. The van der Waals surface area contributed by atoms with Gasteiger partial charge in [0.05, 0.1) is 35.5 Å². The van der Waals surface area contributed by atoms with E-state index in [1.54, 1.807) is 33.8 Å². The summed E-state index contributed by atoms with van der Waals surface area (Å²) in [6.07, 6.45) is 4.23. The first-order valence-corrected chi connectivity index (χ1v) is 14.5. The number of morpholine rings is 1. The summed E-state index contributed by atoms with van der Waals surface area (Å²) in [4.78, 5) is 21.8. The van der Waals surface area contributed by atoms with Crippen LogP contribution in [-0.2, 0) is 9.47 Å². The number of nitrogens with zero attached hydrogens (tertiary/aromatic N) is 6. The van der Waals surface area contributed by atoms with Gasteiger partial charge in [0.25, 0.3) is 5.91 Å². The molecule has 2 aliphatic heterocycles. The monoisotopic (exact) mass is 605 g/mol. The molecular formula is C31H36ClN7O4. The van der Waals surface area contributed by atoms with Crippen molar-refractivity contribution in [3.8, 4) is 17.3 Å². The fourth-order valence-corrected chi connectivity index (χ4v) is 5.29. The first kappa shape index (κ1) is 30.7. The zero-order chi connectivity index (χ0) is 30.9. The van der Waals surface area contributed by atoms with Crippen LogP contribution in [0.3, 0.4) is 0 Å². The highest BCUT2D eigenvalue weighted by Crippen LogP contribution is 2.36. The van der Waals surface area contributed by atoms with Gasteiger partial charge in [-0.05, 0) is 57.5 Å². The number of nitrogens with one attached hydrogen (secondary N) is 1. The van der Waals surface area contributed by atoms with Crippen LogP contribution in [0, 0.1) is 11.3 Å². The molecule has 1 aromatic carbocycles. The van der Waals surface area contributed by atoms with Gasteiger partial charge in [-0.1, -0.05) is 29.8 Å². The molecule has 0 bridgehead atoms. The highest BCUT2D eigenvalue weighted by molar-refractivity contribution is 6.30. The van der Waals surface area contributed by atoms with Crippen molar-refractivity contribution in [3.05, 3.63) is 70.7 Å². The van der Waals surface area contributed by atoms with E-state index >= 15 is 0 Å². The Hall–Kier alpha value is -3.79. The van der Waals surface area contributed by atoms with Crippen LogP contribution in [0.25, 0.3) is 22.5 Å². The van der Waals surface area contributed by atoms with Crippen LogP contribution >= 0.6 is 11.6 Å². The van der Waals surface area contributed by atoms with Crippen molar-refractivity contribution in [1.29, 1.82) is 5.26 Å². The van der Waals surface area contributed by atoms with E-state index in [9.17, 15) is 15.2 Å². The summed E-state index contributed by atoms with van der Waals surface area (Å²) in [5.74, 6) is -0.366. The lowest BCUT2D eigenvalue weighted by Gasteiger charge is -2.37. The van der Waals surface area contributed by atoms with Crippen molar-refractivity contribution < 1.29 is 19.4 Å². The molecule has 3 aromatic rings. The number of carbonyl (C=O) groups excluding carboxylic acids is 1. The Balaban J connectivity index is 1.42. The number of rotatable bonds is 7. The Kier molecular flexibility index (Phi) is 8.87. The summed E-state index contributed by atoms with van der Waals surface area (Å²) in [5.41, 5.74) is 3.61. The first-order chi connectivity index (χ1) is 20.4. The maximum Gasteiger partial charge on any atom is 0.270 e. The number of hydrogen-bond acceptors (Lipinski definition) is 9. The van der Waals surface area contributed by atoms with Gasteiger partial charge in [0.1, 0.15) is 16.5 Å². The van der Waals surface area contributed by atoms with Gasteiger partial charge in [0.2, 0.25) is 6.41 Å².